The Kier molecular flexibility index (Phi) is 5.49. The Morgan fingerprint density at radius 2 is 2.12 bits per heavy atom. The molecule has 0 aliphatic heterocycles. The van der Waals surface area contributed by atoms with Crippen LogP contribution in [0.25, 0.3) is 0 Å². The smallest absolute Gasteiger partial charge is 0.251 e. The molecule has 0 aromatic heterocycles. The highest BCUT2D eigenvalue weighted by Crippen LogP contribution is 2.12. The van der Waals surface area contributed by atoms with E-state index >= 15 is 0 Å². The zero-order chi connectivity index (χ0) is 12.1. The molecule has 0 aliphatic carbocycles. The van der Waals surface area contributed by atoms with Crippen molar-refractivity contribution in [3.8, 4) is 0 Å². The molecule has 1 aromatic rings. The average molecular weight is 349 g/mol. The third-order valence-electron chi connectivity index (χ3n) is 2.54. The van der Waals surface area contributed by atoms with E-state index in [0.29, 0.717) is 11.5 Å². The minimum absolute atomic E-state index is 0.0263. The van der Waals surface area contributed by atoms with Crippen LogP contribution in [0.4, 0.5) is 0 Å². The van der Waals surface area contributed by atoms with E-state index in [1.807, 2.05) is 31.2 Å². The first-order chi connectivity index (χ1) is 7.54. The van der Waals surface area contributed by atoms with Crippen molar-refractivity contribution in [3.63, 3.8) is 0 Å². The number of benzene rings is 1. The van der Waals surface area contributed by atoms with Gasteiger partial charge in [0.1, 0.15) is 0 Å². The first-order valence-corrected chi connectivity index (χ1v) is 7.08. The molecule has 0 radical (unpaired) electrons. The first kappa shape index (κ1) is 13.7. The van der Waals surface area contributed by atoms with Crippen molar-refractivity contribution in [1.82, 2.24) is 5.32 Å². The number of nitrogens with one attached hydrogen (secondary N) is 1. The Balaban J connectivity index is 2.66. The lowest BCUT2D eigenvalue weighted by Crippen LogP contribution is -2.37. The van der Waals surface area contributed by atoms with Gasteiger partial charge in [0.2, 0.25) is 0 Å². The zero-order valence-corrected chi connectivity index (χ0v) is 12.5. The quantitative estimate of drug-likeness (QED) is 0.827. The Bertz CT molecular complexity index is 368. The Hall–Kier alpha value is -0.350. The maximum absolute atomic E-state index is 11.9. The van der Waals surface area contributed by atoms with E-state index in [1.54, 1.807) is 0 Å². The lowest BCUT2D eigenvalue weighted by atomic mass is 10.1. The van der Waals surface area contributed by atoms with Gasteiger partial charge in [-0.1, -0.05) is 44.8 Å². The molecular formula is C12H15Br2NO. The van der Waals surface area contributed by atoms with Crippen LogP contribution in [0.2, 0.25) is 0 Å². The standard InChI is InChI=1S/C12H15Br2NO/c1-8(7-13)9(2)15-12(16)10-4-3-5-11(14)6-10/h3-6,8-9H,7H2,1-2H3,(H,15,16). The molecule has 0 bridgehead atoms. The molecule has 2 nitrogen and oxygen atoms in total. The third kappa shape index (κ3) is 3.91. The number of alkyl halides is 1. The summed E-state index contributed by atoms with van der Waals surface area (Å²) in [5.41, 5.74) is 0.683. The fraction of sp³-hybridized carbons (Fsp3) is 0.417. The van der Waals surface area contributed by atoms with Crippen LogP contribution >= 0.6 is 31.9 Å². The van der Waals surface area contributed by atoms with E-state index in [-0.39, 0.29) is 11.9 Å². The molecule has 4 heteroatoms. The lowest BCUT2D eigenvalue weighted by molar-refractivity contribution is 0.0931. The van der Waals surface area contributed by atoms with Crippen LogP contribution in [-0.4, -0.2) is 17.3 Å². The first-order valence-electron chi connectivity index (χ1n) is 5.17. The van der Waals surface area contributed by atoms with E-state index in [2.05, 4.69) is 44.1 Å². The van der Waals surface area contributed by atoms with Crippen LogP contribution in [0.3, 0.4) is 0 Å². The van der Waals surface area contributed by atoms with Crippen LogP contribution in [-0.2, 0) is 0 Å². The molecule has 1 N–H and O–H groups in total. The van der Waals surface area contributed by atoms with E-state index < -0.39 is 0 Å². The molecule has 2 atom stereocenters. The highest BCUT2D eigenvalue weighted by molar-refractivity contribution is 9.10. The fourth-order valence-electron chi connectivity index (χ4n) is 1.20. The van der Waals surface area contributed by atoms with Crippen molar-refractivity contribution >= 4 is 37.8 Å². The molecule has 0 saturated heterocycles. The third-order valence-corrected chi connectivity index (χ3v) is 4.06. The number of halogens is 2. The Morgan fingerprint density at radius 3 is 2.69 bits per heavy atom. The van der Waals surface area contributed by atoms with Crippen molar-refractivity contribution in [3.05, 3.63) is 34.3 Å². The number of hydrogen-bond donors (Lipinski definition) is 1. The zero-order valence-electron chi connectivity index (χ0n) is 9.34. The van der Waals surface area contributed by atoms with E-state index in [1.165, 1.54) is 0 Å². The number of carbonyl (C=O) groups excluding carboxylic acids is 1. The van der Waals surface area contributed by atoms with E-state index in [0.717, 1.165) is 9.80 Å². The van der Waals surface area contributed by atoms with Crippen LogP contribution in [0.1, 0.15) is 24.2 Å². The number of hydrogen-bond acceptors (Lipinski definition) is 1. The monoisotopic (exact) mass is 347 g/mol. The summed E-state index contributed by atoms with van der Waals surface area (Å²) in [6.07, 6.45) is 0. The summed E-state index contributed by atoms with van der Waals surface area (Å²) in [7, 11) is 0. The summed E-state index contributed by atoms with van der Waals surface area (Å²) < 4.78 is 0.918. The van der Waals surface area contributed by atoms with Gasteiger partial charge < -0.3 is 5.32 Å². The molecule has 88 valence electrons. The largest absolute Gasteiger partial charge is 0.349 e. The second-order valence-corrected chi connectivity index (χ2v) is 5.47. The highest BCUT2D eigenvalue weighted by atomic mass is 79.9. The van der Waals surface area contributed by atoms with E-state index in [9.17, 15) is 4.79 Å². The maximum atomic E-state index is 11.9. The van der Waals surface area contributed by atoms with Crippen LogP contribution in [0, 0.1) is 5.92 Å². The average Bonchev–Trinajstić information content (AvgIpc) is 2.27. The molecular weight excluding hydrogens is 334 g/mol. The summed E-state index contributed by atoms with van der Waals surface area (Å²) in [5.74, 6) is 0.387. The Morgan fingerprint density at radius 1 is 1.44 bits per heavy atom. The second kappa shape index (κ2) is 6.40. The van der Waals surface area contributed by atoms with Crippen LogP contribution in [0.15, 0.2) is 28.7 Å². The summed E-state index contributed by atoms with van der Waals surface area (Å²) >= 11 is 6.77. The molecule has 0 aliphatic rings. The van der Waals surface area contributed by atoms with Crippen LogP contribution in [0.5, 0.6) is 0 Å². The van der Waals surface area contributed by atoms with Gasteiger partial charge in [-0.2, -0.15) is 0 Å². The van der Waals surface area contributed by atoms with Gasteiger partial charge in [-0.15, -0.1) is 0 Å². The molecule has 0 saturated carbocycles. The summed E-state index contributed by atoms with van der Waals surface area (Å²) in [6, 6.07) is 7.55. The van der Waals surface area contributed by atoms with Gasteiger partial charge in [0, 0.05) is 21.4 Å². The number of amides is 1. The summed E-state index contributed by atoms with van der Waals surface area (Å²) in [5, 5.41) is 3.87. The predicted octanol–water partition coefficient (Wildman–Crippen LogP) is 3.60. The predicted molar refractivity (Wildman–Crippen MR) is 74.0 cm³/mol. The van der Waals surface area contributed by atoms with Crippen molar-refractivity contribution in [1.29, 1.82) is 0 Å². The molecule has 0 fully saturated rings. The molecule has 1 amide bonds. The van der Waals surface area contributed by atoms with Gasteiger partial charge in [0.15, 0.2) is 0 Å². The van der Waals surface area contributed by atoms with Crippen molar-refractivity contribution in [2.24, 2.45) is 5.92 Å². The van der Waals surface area contributed by atoms with Gasteiger partial charge in [0.05, 0.1) is 0 Å². The summed E-state index contributed by atoms with van der Waals surface area (Å²) in [6.45, 7) is 4.11. The molecule has 16 heavy (non-hydrogen) atoms. The number of rotatable bonds is 4. The number of carbonyl (C=O) groups is 1. The minimum Gasteiger partial charge on any atom is -0.349 e. The second-order valence-electron chi connectivity index (χ2n) is 3.90. The van der Waals surface area contributed by atoms with Gasteiger partial charge in [0.25, 0.3) is 5.91 Å². The normalized spacial score (nSPS) is 14.2. The minimum atomic E-state index is -0.0263. The van der Waals surface area contributed by atoms with Gasteiger partial charge in [-0.05, 0) is 31.0 Å². The van der Waals surface area contributed by atoms with Gasteiger partial charge in [-0.3, -0.25) is 4.79 Å². The molecule has 0 spiro atoms. The van der Waals surface area contributed by atoms with Crippen LogP contribution < -0.4 is 5.32 Å². The lowest BCUT2D eigenvalue weighted by Gasteiger charge is -2.19. The molecule has 1 rings (SSSR count). The fourth-order valence-corrected chi connectivity index (χ4v) is 2.16. The maximum Gasteiger partial charge on any atom is 0.251 e. The van der Waals surface area contributed by atoms with Crippen molar-refractivity contribution < 1.29 is 4.79 Å². The molecule has 0 heterocycles. The highest BCUT2D eigenvalue weighted by Gasteiger charge is 2.14. The van der Waals surface area contributed by atoms with Crippen molar-refractivity contribution in [2.45, 2.75) is 19.9 Å². The molecule has 1 aromatic carbocycles. The van der Waals surface area contributed by atoms with E-state index in [4.69, 9.17) is 0 Å². The summed E-state index contributed by atoms with van der Waals surface area (Å²) in [4.78, 5) is 11.9. The topological polar surface area (TPSA) is 29.1 Å². The Labute approximate surface area is 113 Å². The van der Waals surface area contributed by atoms with Crippen molar-refractivity contribution in [2.75, 3.05) is 5.33 Å². The molecule has 2 unspecified atom stereocenters. The SMILES string of the molecule is CC(CBr)C(C)NC(=O)c1cccc(Br)c1. The van der Waals surface area contributed by atoms with Gasteiger partial charge >= 0.3 is 0 Å². The van der Waals surface area contributed by atoms with Gasteiger partial charge in [-0.25, -0.2) is 0 Å².